The monoisotopic (exact) mass is 319 g/mol. The van der Waals surface area contributed by atoms with E-state index >= 15 is 0 Å². The summed E-state index contributed by atoms with van der Waals surface area (Å²) in [6.07, 6.45) is 0.632. The van der Waals surface area contributed by atoms with Crippen LogP contribution in [0.15, 0.2) is 24.3 Å². The van der Waals surface area contributed by atoms with Gasteiger partial charge >= 0.3 is 11.8 Å². The van der Waals surface area contributed by atoms with Crippen molar-refractivity contribution >= 4 is 11.8 Å². The molecule has 0 bridgehead atoms. The van der Waals surface area contributed by atoms with E-state index in [1.54, 1.807) is 12.0 Å². The number of carbonyl (C=O) groups is 2. The van der Waals surface area contributed by atoms with Crippen LogP contribution < -0.4 is 10.1 Å². The number of hydrogen-bond acceptors (Lipinski definition) is 4. The maximum Gasteiger partial charge on any atom is 0.311 e. The van der Waals surface area contributed by atoms with E-state index in [-0.39, 0.29) is 0 Å². The summed E-state index contributed by atoms with van der Waals surface area (Å²) >= 11 is 0. The Morgan fingerprint density at radius 1 is 1.17 bits per heavy atom. The van der Waals surface area contributed by atoms with Crippen LogP contribution in [0, 0.1) is 0 Å². The molecule has 0 aromatic heterocycles. The number of methoxy groups -OCH3 is 1. The zero-order valence-corrected chi connectivity index (χ0v) is 13.9. The number of amides is 2. The van der Waals surface area contributed by atoms with Crippen molar-refractivity contribution in [3.05, 3.63) is 29.8 Å². The molecule has 1 aliphatic rings. The standard InChI is InChI=1S/C17H25N3O3/c1-3-19-10-12-20(13-11-19)17(22)16(21)18-9-8-14-6-4-5-7-15(14)23-2/h4-7H,3,8-13H2,1-2H3,(H,18,21). The fourth-order valence-electron chi connectivity index (χ4n) is 2.71. The molecule has 1 aromatic carbocycles. The summed E-state index contributed by atoms with van der Waals surface area (Å²) in [6, 6.07) is 7.67. The number of para-hydroxylation sites is 1. The topological polar surface area (TPSA) is 61.9 Å². The first-order chi connectivity index (χ1) is 11.2. The molecule has 1 aliphatic heterocycles. The lowest BCUT2D eigenvalue weighted by Gasteiger charge is -2.33. The minimum atomic E-state index is -0.523. The fraction of sp³-hybridized carbons (Fsp3) is 0.529. The SMILES string of the molecule is CCN1CCN(C(=O)C(=O)NCCc2ccccc2OC)CC1. The molecule has 0 aliphatic carbocycles. The summed E-state index contributed by atoms with van der Waals surface area (Å²) < 4.78 is 5.27. The van der Waals surface area contributed by atoms with E-state index < -0.39 is 11.8 Å². The number of hydrogen-bond donors (Lipinski definition) is 1. The largest absolute Gasteiger partial charge is 0.496 e. The molecule has 23 heavy (non-hydrogen) atoms. The normalized spacial score (nSPS) is 15.3. The highest BCUT2D eigenvalue weighted by Crippen LogP contribution is 2.17. The quantitative estimate of drug-likeness (QED) is 0.804. The third-order valence-electron chi connectivity index (χ3n) is 4.17. The summed E-state index contributed by atoms with van der Waals surface area (Å²) in [6.45, 7) is 6.39. The van der Waals surface area contributed by atoms with Gasteiger partial charge in [0.05, 0.1) is 7.11 Å². The van der Waals surface area contributed by atoms with E-state index in [9.17, 15) is 9.59 Å². The Morgan fingerprint density at radius 3 is 2.52 bits per heavy atom. The maximum absolute atomic E-state index is 12.1. The molecule has 1 fully saturated rings. The second kappa shape index (κ2) is 8.53. The Bertz CT molecular complexity index is 540. The van der Waals surface area contributed by atoms with E-state index in [0.717, 1.165) is 30.9 Å². The van der Waals surface area contributed by atoms with Gasteiger partial charge in [0.1, 0.15) is 5.75 Å². The van der Waals surface area contributed by atoms with Gasteiger partial charge < -0.3 is 19.9 Å². The molecule has 2 amide bonds. The van der Waals surface area contributed by atoms with E-state index in [4.69, 9.17) is 4.74 Å². The molecule has 0 radical (unpaired) electrons. The van der Waals surface area contributed by atoms with Gasteiger partial charge in [-0.25, -0.2) is 0 Å². The van der Waals surface area contributed by atoms with Gasteiger partial charge in [-0.3, -0.25) is 9.59 Å². The molecule has 0 spiro atoms. The van der Waals surface area contributed by atoms with Crippen LogP contribution >= 0.6 is 0 Å². The average Bonchev–Trinajstić information content (AvgIpc) is 2.61. The second-order valence-corrected chi connectivity index (χ2v) is 5.54. The molecular formula is C17H25N3O3. The first-order valence-corrected chi connectivity index (χ1v) is 8.07. The van der Waals surface area contributed by atoms with Crippen LogP contribution in [0.5, 0.6) is 5.75 Å². The molecule has 1 saturated heterocycles. The maximum atomic E-state index is 12.1. The predicted octanol–water partition coefficient (Wildman–Crippen LogP) is 0.518. The molecule has 1 heterocycles. The Balaban J connectivity index is 1.77. The minimum absolute atomic E-state index is 0.417. The lowest BCUT2D eigenvalue weighted by Crippen LogP contribution is -2.52. The van der Waals surface area contributed by atoms with Crippen molar-refractivity contribution in [1.29, 1.82) is 0 Å². The summed E-state index contributed by atoms with van der Waals surface area (Å²) in [5.41, 5.74) is 1.01. The van der Waals surface area contributed by atoms with Crippen molar-refractivity contribution in [2.24, 2.45) is 0 Å². The van der Waals surface area contributed by atoms with Crippen molar-refractivity contribution in [2.75, 3.05) is 46.4 Å². The van der Waals surface area contributed by atoms with Gasteiger partial charge in [0.15, 0.2) is 0 Å². The van der Waals surface area contributed by atoms with Crippen molar-refractivity contribution in [3.8, 4) is 5.75 Å². The number of carbonyl (C=O) groups excluding carboxylic acids is 2. The average molecular weight is 319 g/mol. The molecule has 0 saturated carbocycles. The third-order valence-corrected chi connectivity index (χ3v) is 4.17. The zero-order valence-electron chi connectivity index (χ0n) is 13.9. The molecular weight excluding hydrogens is 294 g/mol. The van der Waals surface area contributed by atoms with Gasteiger partial charge in [-0.2, -0.15) is 0 Å². The van der Waals surface area contributed by atoms with Gasteiger partial charge in [0, 0.05) is 32.7 Å². The molecule has 2 rings (SSSR count). The number of benzene rings is 1. The lowest BCUT2D eigenvalue weighted by molar-refractivity contribution is -0.146. The molecule has 6 heteroatoms. The van der Waals surface area contributed by atoms with Gasteiger partial charge in [-0.05, 0) is 24.6 Å². The number of nitrogens with one attached hydrogen (secondary N) is 1. The summed E-state index contributed by atoms with van der Waals surface area (Å²) in [4.78, 5) is 28.0. The highest BCUT2D eigenvalue weighted by atomic mass is 16.5. The number of nitrogens with zero attached hydrogens (tertiary/aromatic N) is 2. The second-order valence-electron chi connectivity index (χ2n) is 5.54. The minimum Gasteiger partial charge on any atom is -0.496 e. The molecule has 6 nitrogen and oxygen atoms in total. The Morgan fingerprint density at radius 2 is 1.87 bits per heavy atom. The first-order valence-electron chi connectivity index (χ1n) is 8.07. The van der Waals surface area contributed by atoms with Gasteiger partial charge in [-0.1, -0.05) is 25.1 Å². The number of ether oxygens (including phenoxy) is 1. The molecule has 0 atom stereocenters. The van der Waals surface area contributed by atoms with Gasteiger partial charge in [0.25, 0.3) is 0 Å². The summed E-state index contributed by atoms with van der Waals surface area (Å²) in [7, 11) is 1.62. The molecule has 1 aromatic rings. The highest BCUT2D eigenvalue weighted by molar-refractivity contribution is 6.35. The predicted molar refractivity (Wildman–Crippen MR) is 88.4 cm³/mol. The van der Waals surface area contributed by atoms with Crippen molar-refractivity contribution in [2.45, 2.75) is 13.3 Å². The Hall–Kier alpha value is -2.08. The third kappa shape index (κ3) is 4.69. The van der Waals surface area contributed by atoms with Crippen molar-refractivity contribution in [1.82, 2.24) is 15.1 Å². The number of rotatable bonds is 5. The highest BCUT2D eigenvalue weighted by Gasteiger charge is 2.25. The summed E-state index contributed by atoms with van der Waals surface area (Å²) in [5, 5.41) is 2.71. The number of piperazine rings is 1. The van der Waals surface area contributed by atoms with E-state index in [1.165, 1.54) is 0 Å². The first kappa shape index (κ1) is 17.3. The molecule has 1 N–H and O–H groups in total. The van der Waals surface area contributed by atoms with Crippen LogP contribution in [0.3, 0.4) is 0 Å². The van der Waals surface area contributed by atoms with Crippen LogP contribution in [-0.2, 0) is 16.0 Å². The Kier molecular flexibility index (Phi) is 6.40. The van der Waals surface area contributed by atoms with Gasteiger partial charge in [-0.15, -0.1) is 0 Å². The van der Waals surface area contributed by atoms with E-state index in [2.05, 4.69) is 17.1 Å². The lowest BCUT2D eigenvalue weighted by atomic mass is 10.1. The fourth-order valence-corrected chi connectivity index (χ4v) is 2.71. The molecule has 126 valence electrons. The van der Waals surface area contributed by atoms with Crippen LogP contribution in [0.4, 0.5) is 0 Å². The van der Waals surface area contributed by atoms with Crippen LogP contribution in [0.2, 0.25) is 0 Å². The zero-order chi connectivity index (χ0) is 16.7. The molecule has 0 unspecified atom stereocenters. The van der Waals surface area contributed by atoms with Crippen LogP contribution in [-0.4, -0.2) is 68.0 Å². The van der Waals surface area contributed by atoms with Gasteiger partial charge in [0.2, 0.25) is 0 Å². The smallest absolute Gasteiger partial charge is 0.311 e. The summed E-state index contributed by atoms with van der Waals surface area (Å²) in [5.74, 6) is -0.158. The number of likely N-dealkylation sites (N-methyl/N-ethyl adjacent to an activating group) is 1. The van der Waals surface area contributed by atoms with E-state index in [1.807, 2.05) is 24.3 Å². The van der Waals surface area contributed by atoms with Crippen molar-refractivity contribution in [3.63, 3.8) is 0 Å². The van der Waals surface area contributed by atoms with Crippen molar-refractivity contribution < 1.29 is 14.3 Å². The van der Waals surface area contributed by atoms with Crippen LogP contribution in [0.1, 0.15) is 12.5 Å². The van der Waals surface area contributed by atoms with Crippen LogP contribution in [0.25, 0.3) is 0 Å². The van der Waals surface area contributed by atoms with E-state index in [0.29, 0.717) is 26.1 Å². The Labute approximate surface area is 137 Å².